The molecule has 0 aromatic carbocycles. The van der Waals surface area contributed by atoms with Crippen LogP contribution < -0.4 is 5.32 Å². The summed E-state index contributed by atoms with van der Waals surface area (Å²) < 4.78 is 0. The monoisotopic (exact) mass is 299 g/mol. The number of hydrogen-bond donors (Lipinski definition) is 2. The first-order valence-corrected chi connectivity index (χ1v) is 9.00. The topological polar surface area (TPSA) is 49.3 Å². The molecule has 0 radical (unpaired) electrons. The van der Waals surface area contributed by atoms with E-state index in [1.165, 1.54) is 44.9 Å². The molecule has 21 heavy (non-hydrogen) atoms. The van der Waals surface area contributed by atoms with Crippen molar-refractivity contribution in [3.8, 4) is 0 Å². The number of carbonyl (C=O) groups excluding carboxylic acids is 1. The number of nitrogens with one attached hydrogen (secondary N) is 1. The zero-order chi connectivity index (χ0) is 16.0. The van der Waals surface area contributed by atoms with Crippen molar-refractivity contribution in [1.82, 2.24) is 5.32 Å². The Bertz CT molecular complexity index is 256. The second kappa shape index (κ2) is 13.1. The first-order chi connectivity index (χ1) is 10.1. The van der Waals surface area contributed by atoms with E-state index in [1.807, 2.05) is 0 Å². The molecule has 0 aliphatic heterocycles. The van der Waals surface area contributed by atoms with Crippen molar-refractivity contribution < 1.29 is 9.90 Å². The predicted octanol–water partition coefficient (Wildman–Crippen LogP) is 4.43. The summed E-state index contributed by atoms with van der Waals surface area (Å²) >= 11 is 0. The molecule has 0 aromatic rings. The van der Waals surface area contributed by atoms with Gasteiger partial charge in [-0.2, -0.15) is 0 Å². The number of amides is 1. The third kappa shape index (κ3) is 9.89. The summed E-state index contributed by atoms with van der Waals surface area (Å²) in [6, 6.07) is 0. The normalized spacial score (nSPS) is 13.9. The van der Waals surface area contributed by atoms with Gasteiger partial charge < -0.3 is 10.4 Å². The van der Waals surface area contributed by atoms with Gasteiger partial charge in [0.15, 0.2) is 0 Å². The molecular weight excluding hydrogens is 262 g/mol. The van der Waals surface area contributed by atoms with Crippen molar-refractivity contribution in [2.45, 2.75) is 91.4 Å². The van der Waals surface area contributed by atoms with Gasteiger partial charge in [0.05, 0.1) is 6.61 Å². The quantitative estimate of drug-likeness (QED) is 0.466. The highest BCUT2D eigenvalue weighted by molar-refractivity contribution is 5.82. The van der Waals surface area contributed by atoms with Gasteiger partial charge in [0.1, 0.15) is 0 Å². The summed E-state index contributed by atoms with van der Waals surface area (Å²) in [4.78, 5) is 12.4. The Hall–Kier alpha value is -0.570. The average molecular weight is 299 g/mol. The van der Waals surface area contributed by atoms with Crippen molar-refractivity contribution in [2.75, 3.05) is 13.2 Å². The van der Waals surface area contributed by atoms with Crippen LogP contribution in [0, 0.1) is 5.41 Å². The molecule has 1 atom stereocenters. The van der Waals surface area contributed by atoms with Crippen molar-refractivity contribution in [3.05, 3.63) is 0 Å². The van der Waals surface area contributed by atoms with Crippen LogP contribution in [0.3, 0.4) is 0 Å². The van der Waals surface area contributed by atoms with Gasteiger partial charge in [-0.25, -0.2) is 0 Å². The van der Waals surface area contributed by atoms with E-state index in [0.717, 1.165) is 25.7 Å². The lowest BCUT2D eigenvalue weighted by Gasteiger charge is -2.28. The molecule has 0 heterocycles. The van der Waals surface area contributed by atoms with Gasteiger partial charge in [0, 0.05) is 12.0 Å². The van der Waals surface area contributed by atoms with Gasteiger partial charge >= 0.3 is 0 Å². The third-order valence-electron chi connectivity index (χ3n) is 4.36. The minimum Gasteiger partial charge on any atom is -0.395 e. The molecule has 0 fully saturated rings. The van der Waals surface area contributed by atoms with E-state index in [2.05, 4.69) is 26.1 Å². The number of carbonyl (C=O) groups is 1. The van der Waals surface area contributed by atoms with E-state index in [9.17, 15) is 4.79 Å². The van der Waals surface area contributed by atoms with Crippen LogP contribution in [0.15, 0.2) is 0 Å². The van der Waals surface area contributed by atoms with Crippen LogP contribution in [-0.2, 0) is 4.79 Å². The summed E-state index contributed by atoms with van der Waals surface area (Å²) in [5.74, 6) is 0.128. The molecule has 0 spiro atoms. The van der Waals surface area contributed by atoms with Gasteiger partial charge in [-0.1, -0.05) is 78.6 Å². The lowest BCUT2D eigenvalue weighted by Crippen LogP contribution is -2.40. The molecule has 0 saturated carbocycles. The number of unbranched alkanes of at least 4 members (excludes halogenated alkanes) is 7. The fourth-order valence-electron chi connectivity index (χ4n) is 2.80. The summed E-state index contributed by atoms with van der Waals surface area (Å²) in [7, 11) is 0. The first-order valence-electron chi connectivity index (χ1n) is 9.00. The van der Waals surface area contributed by atoms with E-state index in [4.69, 9.17) is 5.11 Å². The summed E-state index contributed by atoms with van der Waals surface area (Å²) in [5, 5.41) is 11.8. The number of aliphatic hydroxyl groups is 1. The molecule has 0 aliphatic carbocycles. The first kappa shape index (κ1) is 20.4. The van der Waals surface area contributed by atoms with Crippen LogP contribution in [0.2, 0.25) is 0 Å². The molecule has 3 nitrogen and oxygen atoms in total. The van der Waals surface area contributed by atoms with Crippen molar-refractivity contribution >= 4 is 5.91 Å². The van der Waals surface area contributed by atoms with E-state index in [-0.39, 0.29) is 17.9 Å². The number of rotatable bonds is 14. The minimum atomic E-state index is -0.255. The van der Waals surface area contributed by atoms with Crippen LogP contribution in [0.4, 0.5) is 0 Å². The Kier molecular flexibility index (Phi) is 12.8. The summed E-state index contributed by atoms with van der Waals surface area (Å²) in [6.45, 7) is 6.93. The van der Waals surface area contributed by atoms with Gasteiger partial charge in [-0.05, 0) is 12.8 Å². The molecule has 1 amide bonds. The number of hydrogen-bond acceptors (Lipinski definition) is 2. The number of aliphatic hydroxyl groups excluding tert-OH is 1. The zero-order valence-electron chi connectivity index (χ0n) is 14.5. The van der Waals surface area contributed by atoms with Crippen LogP contribution >= 0.6 is 0 Å². The van der Waals surface area contributed by atoms with Gasteiger partial charge in [0.2, 0.25) is 5.91 Å². The molecule has 1 unspecified atom stereocenters. The SMILES string of the molecule is CCCCCCCC(C)(CCCCCC)C(=O)NCCO. The van der Waals surface area contributed by atoms with Gasteiger partial charge in [0.25, 0.3) is 0 Å². The maximum absolute atomic E-state index is 12.4. The highest BCUT2D eigenvalue weighted by Crippen LogP contribution is 2.31. The molecule has 0 rings (SSSR count). The van der Waals surface area contributed by atoms with Gasteiger partial charge in [-0.3, -0.25) is 4.79 Å². The van der Waals surface area contributed by atoms with Crippen LogP contribution in [0.5, 0.6) is 0 Å². The average Bonchev–Trinajstić information content (AvgIpc) is 2.49. The van der Waals surface area contributed by atoms with E-state index >= 15 is 0 Å². The smallest absolute Gasteiger partial charge is 0.226 e. The molecule has 0 aliphatic rings. The molecule has 3 heteroatoms. The lowest BCUT2D eigenvalue weighted by atomic mass is 9.78. The lowest BCUT2D eigenvalue weighted by molar-refractivity contribution is -0.131. The Morgan fingerprint density at radius 2 is 1.38 bits per heavy atom. The summed E-state index contributed by atoms with van der Waals surface area (Å²) in [6.07, 6.45) is 13.0. The molecular formula is C18H37NO2. The third-order valence-corrected chi connectivity index (χ3v) is 4.36. The highest BCUT2D eigenvalue weighted by Gasteiger charge is 2.31. The Morgan fingerprint density at radius 1 is 0.905 bits per heavy atom. The largest absolute Gasteiger partial charge is 0.395 e. The van der Waals surface area contributed by atoms with E-state index in [0.29, 0.717) is 6.54 Å². The summed E-state index contributed by atoms with van der Waals surface area (Å²) in [5.41, 5.74) is -0.255. The molecule has 0 aromatic heterocycles. The molecule has 126 valence electrons. The van der Waals surface area contributed by atoms with E-state index < -0.39 is 0 Å². The molecule has 0 saturated heterocycles. The Labute approximate surface area is 131 Å². The standard InChI is InChI=1S/C18H37NO2/c1-4-6-8-10-12-14-18(3,13-11-9-7-5-2)17(21)19-15-16-20/h20H,4-16H2,1-3H3,(H,19,21). The maximum Gasteiger partial charge on any atom is 0.226 e. The zero-order valence-corrected chi connectivity index (χ0v) is 14.5. The Balaban J connectivity index is 4.26. The van der Waals surface area contributed by atoms with E-state index in [1.54, 1.807) is 0 Å². The fourth-order valence-corrected chi connectivity index (χ4v) is 2.80. The van der Waals surface area contributed by atoms with Crippen LogP contribution in [-0.4, -0.2) is 24.2 Å². The van der Waals surface area contributed by atoms with Gasteiger partial charge in [-0.15, -0.1) is 0 Å². The van der Waals surface area contributed by atoms with Crippen molar-refractivity contribution in [2.24, 2.45) is 5.41 Å². The van der Waals surface area contributed by atoms with Crippen molar-refractivity contribution in [1.29, 1.82) is 0 Å². The Morgan fingerprint density at radius 3 is 1.86 bits per heavy atom. The minimum absolute atomic E-state index is 0.0220. The van der Waals surface area contributed by atoms with Crippen LogP contribution in [0.25, 0.3) is 0 Å². The second-order valence-electron chi connectivity index (χ2n) is 6.52. The molecule has 0 bridgehead atoms. The predicted molar refractivity (Wildman–Crippen MR) is 90.3 cm³/mol. The second-order valence-corrected chi connectivity index (χ2v) is 6.52. The maximum atomic E-state index is 12.4. The van der Waals surface area contributed by atoms with Crippen molar-refractivity contribution in [3.63, 3.8) is 0 Å². The molecule has 2 N–H and O–H groups in total. The fraction of sp³-hybridized carbons (Fsp3) is 0.944. The van der Waals surface area contributed by atoms with Crippen LogP contribution in [0.1, 0.15) is 91.4 Å². The highest BCUT2D eigenvalue weighted by atomic mass is 16.3.